The monoisotopic (exact) mass is 2020 g/mol. The van der Waals surface area contributed by atoms with E-state index in [1.165, 1.54) is 84.9 Å². The number of para-hydroxylation sites is 2. The molecule has 7 heterocycles. The maximum absolute atomic E-state index is 13.6. The number of nitrogens with zero attached hydrogens (tertiary/aromatic N) is 1. The van der Waals surface area contributed by atoms with Crippen molar-refractivity contribution in [3.63, 3.8) is 0 Å². The largest absolute Gasteiger partial charge is 0.357 e. The van der Waals surface area contributed by atoms with E-state index >= 15 is 0 Å². The molecule has 0 aliphatic carbocycles. The summed E-state index contributed by atoms with van der Waals surface area (Å²) in [5.41, 5.74) is 14.2. The zero-order valence-electron chi connectivity index (χ0n) is 82.2. The smallest absolute Gasteiger partial charge is 0.270 e. The second-order valence-corrected chi connectivity index (χ2v) is 37.2. The van der Waals surface area contributed by atoms with Gasteiger partial charge in [-0.1, -0.05) is 237 Å². The molecule has 0 unspecified atom stereocenters. The molecular formula is C119H107F7N14O8S. The molecule has 21 rings (SSSR count). The van der Waals surface area contributed by atoms with E-state index in [2.05, 4.69) is 66.2 Å². The van der Waals surface area contributed by atoms with Crippen molar-refractivity contribution in [3.05, 3.63) is 496 Å². The quantitative estimate of drug-likeness (QED) is 0.0289. The number of aromatic amines is 7. The Bertz CT molecular complexity index is 7820. The maximum atomic E-state index is 13.6. The highest BCUT2D eigenvalue weighted by molar-refractivity contribution is 7.89. The van der Waals surface area contributed by atoms with Gasteiger partial charge in [-0.3, -0.25) is 28.8 Å². The van der Waals surface area contributed by atoms with Crippen LogP contribution in [0.4, 0.5) is 30.7 Å². The summed E-state index contributed by atoms with van der Waals surface area (Å²) in [7, 11) is -1.78. The number of sulfonamides is 1. The van der Waals surface area contributed by atoms with Crippen LogP contribution in [0.25, 0.3) is 76.3 Å². The Morgan fingerprint density at radius 3 is 0.993 bits per heavy atom. The highest BCUT2D eigenvalue weighted by atomic mass is 32.2. The number of nitrogens with one attached hydrogen (secondary N) is 13. The van der Waals surface area contributed by atoms with E-state index in [1.54, 1.807) is 121 Å². The van der Waals surface area contributed by atoms with E-state index in [0.29, 0.717) is 94.2 Å². The van der Waals surface area contributed by atoms with Crippen molar-refractivity contribution in [2.24, 2.45) is 0 Å². The van der Waals surface area contributed by atoms with Gasteiger partial charge in [-0.05, 0) is 227 Å². The Kier molecular flexibility index (Phi) is 34.4. The Morgan fingerprint density at radius 2 is 0.604 bits per heavy atom. The summed E-state index contributed by atoms with van der Waals surface area (Å²) < 4.78 is 121. The summed E-state index contributed by atoms with van der Waals surface area (Å²) in [6.07, 6.45) is 0. The number of halogens is 7. The van der Waals surface area contributed by atoms with Crippen molar-refractivity contribution in [1.82, 2.24) is 71.1 Å². The Hall–Kier alpha value is -17.9. The fourth-order valence-electron chi connectivity index (χ4n) is 16.6. The topological polar surface area (TPSA) is 323 Å². The van der Waals surface area contributed by atoms with E-state index < -0.39 is 10.0 Å². The first-order valence-corrected chi connectivity index (χ1v) is 49.3. The number of H-pyrrole nitrogens is 7. The lowest BCUT2D eigenvalue weighted by Gasteiger charge is -2.24. The van der Waals surface area contributed by atoms with Crippen LogP contribution in [0.2, 0.25) is 0 Å². The minimum atomic E-state index is -3.55. The zero-order valence-corrected chi connectivity index (χ0v) is 83.1. The van der Waals surface area contributed by atoms with Gasteiger partial charge in [0, 0.05) is 78.0 Å². The molecule has 21 aromatic rings. The molecule has 149 heavy (non-hydrogen) atoms. The summed E-state index contributed by atoms with van der Waals surface area (Å²) in [4.78, 5) is 96.7. The van der Waals surface area contributed by atoms with Gasteiger partial charge in [-0.25, -0.2) is 43.9 Å². The summed E-state index contributed by atoms with van der Waals surface area (Å²) in [6, 6.07) is 108. The zero-order chi connectivity index (χ0) is 106. The van der Waals surface area contributed by atoms with Crippen LogP contribution in [0.1, 0.15) is 185 Å². The number of carbonyl (C=O) groups is 6. The molecule has 0 fully saturated rings. The molecule has 0 bridgehead atoms. The molecule has 0 aliphatic heterocycles. The first-order valence-electron chi connectivity index (χ1n) is 47.8. The molecule has 14 aromatic carbocycles. The number of hydrogen-bond donors (Lipinski definition) is 13. The molecule has 13 N–H and O–H groups in total. The Labute approximate surface area is 854 Å². The third-order valence-electron chi connectivity index (χ3n) is 25.0. The molecule has 0 saturated heterocycles. The normalized spacial score (nSPS) is 12.2. The molecule has 22 nitrogen and oxygen atoms in total. The number of aryl methyl sites for hydroxylation is 1. The van der Waals surface area contributed by atoms with E-state index in [0.717, 1.165) is 60.9 Å². The fourth-order valence-corrected chi connectivity index (χ4v) is 17.7. The lowest BCUT2D eigenvalue weighted by Crippen LogP contribution is -2.29. The highest BCUT2D eigenvalue weighted by Crippen LogP contribution is 2.31. The van der Waals surface area contributed by atoms with Gasteiger partial charge in [0.2, 0.25) is 10.0 Å². The van der Waals surface area contributed by atoms with Crippen LogP contribution in [-0.4, -0.2) is 90.7 Å². The molecule has 0 saturated carbocycles. The standard InChI is InChI=1S/2C18H17FN2O.4C17H15FN2O.C15H13FN2O2S/c1-12(13-6-4-3-5-7-13)21(2)18(22)17-11-14-10-15(19)8-9-16(14)20-17;1-11-15-10-14(19)8-9-16(15)21-17(11)18(22)20-12(2)13-6-4-3-5-7-13;2*1-11(12-6-3-2-4-7-12)19-17(21)16-10-13-14(18)8-5-9-15(13)20-16;2*1-11(12-6-3-2-4-7-12)19-17(21)15-10-13-8-5-9-14(18)16(13)20-15;16-12-6-7-15-11(8-12)9-13(18-15)10-17-21(19,20)14-4-2-1-3-5-14/h3-12,20H,1-2H3;3-10,12,21H,1-2H3,(H,20,22);4*2-11,20H,1H3,(H,19,21);1-9,17-18H,10H2/t2*12-;4*11-;/m001010./s1. The summed E-state index contributed by atoms with van der Waals surface area (Å²) >= 11 is 0. The Balaban J connectivity index is 0.000000130. The van der Waals surface area contributed by atoms with Gasteiger partial charge in [0.1, 0.15) is 74.9 Å². The van der Waals surface area contributed by atoms with Crippen molar-refractivity contribution in [3.8, 4) is 0 Å². The number of amides is 6. The molecule has 6 atom stereocenters. The average molecular weight is 2030 g/mol. The van der Waals surface area contributed by atoms with E-state index in [9.17, 15) is 67.9 Å². The molecule has 756 valence electrons. The first-order chi connectivity index (χ1) is 71.8. The van der Waals surface area contributed by atoms with Crippen LogP contribution in [0.15, 0.2) is 381 Å². The van der Waals surface area contributed by atoms with Gasteiger partial charge in [0.15, 0.2) is 0 Å². The van der Waals surface area contributed by atoms with Crippen LogP contribution >= 0.6 is 0 Å². The minimum absolute atomic E-state index is 0.0446. The summed E-state index contributed by atoms with van der Waals surface area (Å²) in [6.45, 7) is 13.5. The van der Waals surface area contributed by atoms with Gasteiger partial charge in [0.05, 0.1) is 58.7 Å². The number of fused-ring (bicyclic) bond motifs is 7. The number of carbonyl (C=O) groups excluding carboxylic acids is 6. The van der Waals surface area contributed by atoms with Crippen molar-refractivity contribution < 1.29 is 67.9 Å². The first kappa shape index (κ1) is 105. The third-order valence-corrected chi connectivity index (χ3v) is 26.5. The van der Waals surface area contributed by atoms with E-state index in [-0.39, 0.29) is 124 Å². The van der Waals surface area contributed by atoms with Crippen LogP contribution in [-0.2, 0) is 16.6 Å². The van der Waals surface area contributed by atoms with Gasteiger partial charge < -0.3 is 66.4 Å². The second-order valence-electron chi connectivity index (χ2n) is 35.5. The molecule has 0 aliphatic rings. The van der Waals surface area contributed by atoms with Crippen LogP contribution in [0.5, 0.6) is 0 Å². The van der Waals surface area contributed by atoms with Crippen LogP contribution in [0.3, 0.4) is 0 Å². The van der Waals surface area contributed by atoms with E-state index in [1.807, 2.05) is 230 Å². The molecule has 30 heteroatoms. The maximum Gasteiger partial charge on any atom is 0.270 e. The predicted molar refractivity (Wildman–Crippen MR) is 572 cm³/mol. The molecule has 0 radical (unpaired) electrons. The molecule has 7 aromatic heterocycles. The second kappa shape index (κ2) is 48.7. The fraction of sp³-hybridized carbons (Fsp3) is 0.126. The highest BCUT2D eigenvalue weighted by Gasteiger charge is 2.25. The molecule has 6 amide bonds. The number of benzene rings is 14. The van der Waals surface area contributed by atoms with Gasteiger partial charge in [-0.15, -0.1) is 0 Å². The van der Waals surface area contributed by atoms with Crippen molar-refractivity contribution >= 4 is 122 Å². The predicted octanol–water partition coefficient (Wildman–Crippen LogP) is 26.2. The van der Waals surface area contributed by atoms with Gasteiger partial charge in [0.25, 0.3) is 35.4 Å². The van der Waals surface area contributed by atoms with Crippen molar-refractivity contribution in [2.75, 3.05) is 7.05 Å². The summed E-state index contributed by atoms with van der Waals surface area (Å²) in [5, 5.41) is 18.9. The summed E-state index contributed by atoms with van der Waals surface area (Å²) in [5.74, 6) is -3.62. The third kappa shape index (κ3) is 27.0. The minimum Gasteiger partial charge on any atom is -0.357 e. The number of rotatable bonds is 22. The molecule has 0 spiro atoms. The lowest BCUT2D eigenvalue weighted by molar-refractivity contribution is 0.0736. The van der Waals surface area contributed by atoms with Gasteiger partial charge >= 0.3 is 0 Å². The lowest BCUT2D eigenvalue weighted by atomic mass is 10.1. The van der Waals surface area contributed by atoms with Crippen LogP contribution < -0.4 is 31.3 Å². The van der Waals surface area contributed by atoms with Crippen molar-refractivity contribution in [1.29, 1.82) is 0 Å². The number of aromatic nitrogens is 7. The van der Waals surface area contributed by atoms with Crippen molar-refractivity contribution in [2.45, 2.75) is 96.2 Å². The van der Waals surface area contributed by atoms with E-state index in [4.69, 9.17) is 0 Å². The Morgan fingerprint density at radius 1 is 0.289 bits per heavy atom. The SMILES string of the molecule is C[C@@H](NC(=O)c1cc2c(F)cccc2[nH]1)c1ccccc1.C[C@@H](NC(=O)c1cc2cccc(F)c2[nH]1)c1ccccc1.C[C@@H](c1ccccc1)N(C)C(=O)c1cc2cc(F)ccc2[nH]1.C[C@H](NC(=O)c1cc2c(F)cccc2[nH]1)c1ccccc1.C[C@H](NC(=O)c1cc2cccc(F)c2[nH]1)c1ccccc1.Cc1c(C(=O)N[C@@H](C)c2ccccc2)[nH]c2ccc(F)cc12.O=S(=O)(NCc1cc2cc(F)ccc2[nH]1)c1ccccc1. The molecular weight excluding hydrogens is 1920 g/mol. The average Bonchev–Trinajstić information content (AvgIpc) is 1.64. The van der Waals surface area contributed by atoms with Gasteiger partial charge in [-0.2, -0.15) is 0 Å². The number of hydrogen-bond acceptors (Lipinski definition) is 8. The van der Waals surface area contributed by atoms with Crippen LogP contribution in [0, 0.1) is 47.6 Å².